The van der Waals surface area contributed by atoms with Crippen molar-refractivity contribution in [1.29, 1.82) is 5.41 Å². The van der Waals surface area contributed by atoms with E-state index in [4.69, 9.17) is 33.3 Å². The number of hydrogen-bond donors (Lipinski definition) is 2. The van der Waals surface area contributed by atoms with Crippen LogP contribution < -0.4 is 5.32 Å². The Morgan fingerprint density at radius 1 is 1.23 bits per heavy atom. The Labute approximate surface area is 166 Å². The maximum Gasteiger partial charge on any atom is 0.207 e. The lowest BCUT2D eigenvalue weighted by atomic mass is 9.74. The lowest BCUT2D eigenvalue weighted by Gasteiger charge is -2.38. The van der Waals surface area contributed by atoms with E-state index < -0.39 is 0 Å². The molecule has 1 saturated heterocycles. The number of ether oxygens (including phenoxy) is 1. The second-order valence-corrected chi connectivity index (χ2v) is 8.18. The normalized spacial score (nSPS) is 23.6. The summed E-state index contributed by atoms with van der Waals surface area (Å²) in [6.45, 7) is 6.26. The second-order valence-electron chi connectivity index (χ2n) is 7.36. The number of anilines is 1. The van der Waals surface area contributed by atoms with Crippen molar-refractivity contribution in [3.8, 4) is 0 Å². The Morgan fingerprint density at radius 2 is 1.96 bits per heavy atom. The summed E-state index contributed by atoms with van der Waals surface area (Å²) in [5.41, 5.74) is 1.67. The minimum Gasteiger partial charge on any atom is -0.478 e. The lowest BCUT2D eigenvalue weighted by molar-refractivity contribution is 0.0708. The van der Waals surface area contributed by atoms with Crippen LogP contribution in [0.3, 0.4) is 0 Å². The van der Waals surface area contributed by atoms with Crippen LogP contribution in [0.25, 0.3) is 0 Å². The molecular formula is C20H27Cl2N3O. The molecule has 1 heterocycles. The van der Waals surface area contributed by atoms with Crippen molar-refractivity contribution in [2.45, 2.75) is 32.6 Å². The summed E-state index contributed by atoms with van der Waals surface area (Å²) in [5, 5.41) is 12.3. The van der Waals surface area contributed by atoms with Crippen LogP contribution in [0.1, 0.15) is 32.6 Å². The van der Waals surface area contributed by atoms with Crippen molar-refractivity contribution in [3.63, 3.8) is 0 Å². The van der Waals surface area contributed by atoms with E-state index in [2.05, 4.69) is 10.2 Å². The van der Waals surface area contributed by atoms with E-state index in [9.17, 15) is 0 Å². The van der Waals surface area contributed by atoms with Crippen molar-refractivity contribution < 1.29 is 4.74 Å². The number of hydrogen-bond acceptors (Lipinski definition) is 4. The summed E-state index contributed by atoms with van der Waals surface area (Å²) >= 11 is 11.9. The number of benzene rings is 1. The van der Waals surface area contributed by atoms with Crippen molar-refractivity contribution >= 4 is 34.8 Å². The lowest BCUT2D eigenvalue weighted by Crippen LogP contribution is -2.39. The zero-order chi connectivity index (χ0) is 18.5. The monoisotopic (exact) mass is 395 g/mol. The number of allylic oxidation sites excluding steroid dienone is 1. The maximum absolute atomic E-state index is 8.05. The van der Waals surface area contributed by atoms with Gasteiger partial charge in [0, 0.05) is 24.0 Å². The predicted molar refractivity (Wildman–Crippen MR) is 109 cm³/mol. The molecule has 2 aliphatic rings. The number of rotatable bonds is 7. The highest BCUT2D eigenvalue weighted by molar-refractivity contribution is 6.42. The quantitative estimate of drug-likeness (QED) is 0.478. The van der Waals surface area contributed by atoms with Gasteiger partial charge in [0.15, 0.2) is 0 Å². The molecular weight excluding hydrogens is 369 g/mol. The van der Waals surface area contributed by atoms with E-state index in [0.717, 1.165) is 17.3 Å². The minimum absolute atomic E-state index is 0.196. The second kappa shape index (κ2) is 9.12. The Kier molecular flexibility index (Phi) is 6.85. The first-order valence-corrected chi connectivity index (χ1v) is 10.1. The third-order valence-corrected chi connectivity index (χ3v) is 6.07. The molecule has 1 aromatic carbocycles. The van der Waals surface area contributed by atoms with Gasteiger partial charge in [-0.3, -0.25) is 5.41 Å². The molecule has 0 bridgehead atoms. The van der Waals surface area contributed by atoms with Crippen LogP contribution in [0.15, 0.2) is 30.0 Å². The fourth-order valence-electron chi connectivity index (χ4n) is 3.67. The van der Waals surface area contributed by atoms with Crippen molar-refractivity contribution in [2.24, 2.45) is 11.8 Å². The van der Waals surface area contributed by atoms with Gasteiger partial charge >= 0.3 is 0 Å². The van der Waals surface area contributed by atoms with Crippen molar-refractivity contribution in [2.75, 3.05) is 31.6 Å². The maximum atomic E-state index is 8.05. The van der Waals surface area contributed by atoms with Gasteiger partial charge < -0.3 is 15.0 Å². The molecule has 1 aliphatic heterocycles. The molecule has 0 aromatic heterocycles. The molecule has 26 heavy (non-hydrogen) atoms. The van der Waals surface area contributed by atoms with Gasteiger partial charge in [0.25, 0.3) is 0 Å². The zero-order valence-electron chi connectivity index (χ0n) is 15.2. The molecule has 2 fully saturated rings. The molecule has 2 N–H and O–H groups in total. The summed E-state index contributed by atoms with van der Waals surface area (Å²) < 4.78 is 5.69. The van der Waals surface area contributed by atoms with E-state index in [0.29, 0.717) is 22.6 Å². The average molecular weight is 396 g/mol. The highest BCUT2D eigenvalue weighted by Crippen LogP contribution is 2.35. The highest BCUT2D eigenvalue weighted by Gasteiger charge is 2.33. The Bertz CT molecular complexity index is 671. The van der Waals surface area contributed by atoms with Crippen LogP contribution in [0, 0.1) is 17.2 Å². The number of halogens is 2. The molecule has 0 radical (unpaired) electrons. The van der Waals surface area contributed by atoms with Crippen LogP contribution >= 0.6 is 23.2 Å². The van der Waals surface area contributed by atoms with Gasteiger partial charge in [-0.1, -0.05) is 23.2 Å². The van der Waals surface area contributed by atoms with Crippen molar-refractivity contribution in [3.05, 3.63) is 40.0 Å². The first-order valence-electron chi connectivity index (χ1n) is 9.35. The Morgan fingerprint density at radius 3 is 2.62 bits per heavy atom. The van der Waals surface area contributed by atoms with Crippen LogP contribution in [0.2, 0.25) is 10.0 Å². The first kappa shape index (κ1) is 19.5. The smallest absolute Gasteiger partial charge is 0.207 e. The van der Waals surface area contributed by atoms with Gasteiger partial charge in [0.05, 0.1) is 16.7 Å². The summed E-state index contributed by atoms with van der Waals surface area (Å²) in [7, 11) is 0. The third kappa shape index (κ3) is 5.38. The molecule has 1 aliphatic carbocycles. The molecule has 4 nitrogen and oxygen atoms in total. The molecule has 0 unspecified atom stereocenters. The molecule has 0 spiro atoms. The van der Waals surface area contributed by atoms with Crippen LogP contribution in [0.5, 0.6) is 0 Å². The van der Waals surface area contributed by atoms with Gasteiger partial charge in [-0.15, -0.1) is 0 Å². The van der Waals surface area contributed by atoms with Gasteiger partial charge in [-0.25, -0.2) is 0 Å². The van der Waals surface area contributed by atoms with E-state index in [1.54, 1.807) is 18.2 Å². The van der Waals surface area contributed by atoms with Gasteiger partial charge in [0.1, 0.15) is 0 Å². The predicted octanol–water partition coefficient (Wildman–Crippen LogP) is 5.42. The molecule has 2 atom stereocenters. The summed E-state index contributed by atoms with van der Waals surface area (Å²) in [4.78, 5) is 2.58. The number of nitrogens with one attached hydrogen (secondary N) is 2. The molecule has 0 amide bonds. The average Bonchev–Trinajstić information content (AvgIpc) is 3.08. The molecule has 3 rings (SSSR count). The molecule has 1 aromatic rings. The van der Waals surface area contributed by atoms with Gasteiger partial charge in [-0.05, 0) is 75.7 Å². The Balaban J connectivity index is 1.42. The van der Waals surface area contributed by atoms with Crippen LogP contribution in [0.4, 0.5) is 5.69 Å². The molecule has 142 valence electrons. The third-order valence-electron chi connectivity index (χ3n) is 5.33. The minimum atomic E-state index is 0.196. The SMILES string of the molecule is C/C(=C/C(=N)OC[C@@H]1CC[C@@H]1CN1CCCC1)Nc1ccc(Cl)c(Cl)c1. The molecule has 1 saturated carbocycles. The zero-order valence-corrected chi connectivity index (χ0v) is 16.7. The summed E-state index contributed by atoms with van der Waals surface area (Å²) in [6.07, 6.45) is 6.90. The van der Waals surface area contributed by atoms with Crippen molar-refractivity contribution in [1.82, 2.24) is 4.90 Å². The fraction of sp³-hybridized carbons (Fsp3) is 0.550. The number of nitrogens with zero attached hydrogens (tertiary/aromatic N) is 1. The largest absolute Gasteiger partial charge is 0.478 e. The highest BCUT2D eigenvalue weighted by atomic mass is 35.5. The number of likely N-dealkylation sites (tertiary alicyclic amines) is 1. The fourth-order valence-corrected chi connectivity index (χ4v) is 3.97. The van der Waals surface area contributed by atoms with Gasteiger partial charge in [-0.2, -0.15) is 0 Å². The standard InChI is InChI=1S/C20H27Cl2N3O/c1-14(24-17-6-7-18(21)19(22)11-17)10-20(23)26-13-16-5-4-15(16)12-25-8-2-3-9-25/h6-7,10-11,15-16,23-24H,2-5,8-9,12-13H2,1H3/b14-10-,23-20?/t15-,16+/m1/s1. The van der Waals surface area contributed by atoms with Crippen LogP contribution in [-0.2, 0) is 4.74 Å². The van der Waals surface area contributed by atoms with E-state index in [1.807, 2.05) is 13.0 Å². The van der Waals surface area contributed by atoms with E-state index in [1.165, 1.54) is 45.3 Å². The van der Waals surface area contributed by atoms with E-state index >= 15 is 0 Å². The topological polar surface area (TPSA) is 48.4 Å². The Hall–Kier alpha value is -1.23. The van der Waals surface area contributed by atoms with Gasteiger partial charge in [0.2, 0.25) is 5.90 Å². The molecule has 6 heteroatoms. The van der Waals surface area contributed by atoms with E-state index in [-0.39, 0.29) is 5.90 Å². The van der Waals surface area contributed by atoms with Crippen LogP contribution in [-0.4, -0.2) is 37.0 Å². The summed E-state index contributed by atoms with van der Waals surface area (Å²) in [5.74, 6) is 1.52. The summed E-state index contributed by atoms with van der Waals surface area (Å²) in [6, 6.07) is 5.37. The first-order chi connectivity index (χ1) is 12.5.